The maximum absolute atomic E-state index is 11.1. The molecule has 0 aliphatic rings. The first-order valence-electron chi connectivity index (χ1n) is 5.81. The topological polar surface area (TPSA) is 22.0 Å². The molecule has 2 aromatic carbocycles. The lowest BCUT2D eigenvalue weighted by atomic mass is 10.1. The summed E-state index contributed by atoms with van der Waals surface area (Å²) in [5, 5.41) is 3.46. The molecule has 2 heteroatoms. The van der Waals surface area contributed by atoms with Crippen molar-refractivity contribution < 1.29 is 4.79 Å². The molecule has 0 N–H and O–H groups in total. The quantitative estimate of drug-likeness (QED) is 0.608. The first-order chi connectivity index (χ1) is 8.35. The van der Waals surface area contributed by atoms with Crippen molar-refractivity contribution in [3.63, 3.8) is 0 Å². The largest absolute Gasteiger partial charge is 0.347 e. The maximum atomic E-state index is 11.1. The second-order valence-electron chi connectivity index (χ2n) is 4.17. The van der Waals surface area contributed by atoms with Crippen LogP contribution in [0.3, 0.4) is 0 Å². The van der Waals surface area contributed by atoms with Crippen molar-refractivity contribution in [3.05, 3.63) is 48.2 Å². The second-order valence-corrected chi connectivity index (χ2v) is 4.17. The summed E-state index contributed by atoms with van der Waals surface area (Å²) in [5.41, 5.74) is 1.93. The highest BCUT2D eigenvalue weighted by Gasteiger charge is 2.09. The van der Waals surface area contributed by atoms with E-state index in [2.05, 4.69) is 29.7 Å². The summed E-state index contributed by atoms with van der Waals surface area (Å²) in [5.74, 6) is 0. The molecule has 0 aliphatic carbocycles. The van der Waals surface area contributed by atoms with Crippen molar-refractivity contribution in [3.8, 4) is 0 Å². The lowest BCUT2D eigenvalue weighted by Gasteiger charge is -2.04. The highest BCUT2D eigenvalue weighted by atomic mass is 16.1. The van der Waals surface area contributed by atoms with Gasteiger partial charge < -0.3 is 4.57 Å². The Labute approximate surface area is 99.5 Å². The number of fused-ring (bicyclic) bond motifs is 3. The molecule has 17 heavy (non-hydrogen) atoms. The Hall–Kier alpha value is -2.09. The van der Waals surface area contributed by atoms with Crippen molar-refractivity contribution in [1.82, 2.24) is 4.57 Å². The zero-order chi connectivity index (χ0) is 11.8. The molecular formula is C15H13NO. The average molecular weight is 223 g/mol. The number of aromatic nitrogens is 1. The molecule has 3 rings (SSSR count). The molecule has 0 saturated heterocycles. The van der Waals surface area contributed by atoms with Gasteiger partial charge in [0.2, 0.25) is 0 Å². The highest BCUT2D eigenvalue weighted by molar-refractivity contribution is 6.11. The first kappa shape index (κ1) is 10.1. The summed E-state index contributed by atoms with van der Waals surface area (Å²) in [4.78, 5) is 11.1. The van der Waals surface area contributed by atoms with Crippen LogP contribution in [0.15, 0.2) is 42.6 Å². The lowest BCUT2D eigenvalue weighted by Crippen LogP contribution is -1.91. The minimum Gasteiger partial charge on any atom is -0.347 e. The van der Waals surface area contributed by atoms with Crippen LogP contribution in [0.1, 0.15) is 17.3 Å². The Morgan fingerprint density at radius 2 is 1.94 bits per heavy atom. The SMILES string of the molecule is CCn1cc(C=O)c2ccc3ccccc3c21. The third-order valence-corrected chi connectivity index (χ3v) is 3.26. The fourth-order valence-corrected chi connectivity index (χ4v) is 2.44. The summed E-state index contributed by atoms with van der Waals surface area (Å²) in [6.07, 6.45) is 2.87. The van der Waals surface area contributed by atoms with Crippen LogP contribution in [-0.2, 0) is 6.54 Å². The van der Waals surface area contributed by atoms with Gasteiger partial charge in [-0.05, 0) is 12.3 Å². The number of hydrogen-bond donors (Lipinski definition) is 0. The van der Waals surface area contributed by atoms with E-state index in [1.54, 1.807) is 0 Å². The number of hydrogen-bond acceptors (Lipinski definition) is 1. The van der Waals surface area contributed by atoms with Crippen molar-refractivity contribution in [2.45, 2.75) is 13.5 Å². The third kappa shape index (κ3) is 1.37. The zero-order valence-electron chi connectivity index (χ0n) is 9.68. The van der Waals surface area contributed by atoms with Crippen molar-refractivity contribution in [2.24, 2.45) is 0 Å². The van der Waals surface area contributed by atoms with Gasteiger partial charge in [0, 0.05) is 29.1 Å². The molecule has 0 bridgehead atoms. The molecular weight excluding hydrogens is 210 g/mol. The minimum absolute atomic E-state index is 0.771. The predicted molar refractivity (Wildman–Crippen MR) is 70.5 cm³/mol. The molecule has 1 heterocycles. The maximum Gasteiger partial charge on any atom is 0.152 e. The summed E-state index contributed by atoms with van der Waals surface area (Å²) in [7, 11) is 0. The van der Waals surface area contributed by atoms with Gasteiger partial charge in [-0.25, -0.2) is 0 Å². The van der Waals surface area contributed by atoms with Crippen LogP contribution in [0.5, 0.6) is 0 Å². The van der Waals surface area contributed by atoms with Crippen LogP contribution in [0.4, 0.5) is 0 Å². The van der Waals surface area contributed by atoms with Gasteiger partial charge >= 0.3 is 0 Å². The van der Waals surface area contributed by atoms with Crippen LogP contribution in [0.25, 0.3) is 21.7 Å². The number of carbonyl (C=O) groups excluding carboxylic acids is 1. The summed E-state index contributed by atoms with van der Waals surface area (Å²) >= 11 is 0. The van der Waals surface area contributed by atoms with E-state index >= 15 is 0 Å². The van der Waals surface area contributed by atoms with E-state index in [-0.39, 0.29) is 0 Å². The smallest absolute Gasteiger partial charge is 0.152 e. The fraction of sp³-hybridized carbons (Fsp3) is 0.133. The number of aryl methyl sites for hydroxylation is 1. The average Bonchev–Trinajstić information content (AvgIpc) is 2.77. The summed E-state index contributed by atoms with van der Waals surface area (Å²) < 4.78 is 2.14. The molecule has 0 unspecified atom stereocenters. The molecule has 0 radical (unpaired) electrons. The fourth-order valence-electron chi connectivity index (χ4n) is 2.44. The molecule has 0 aliphatic heterocycles. The van der Waals surface area contributed by atoms with Crippen LogP contribution in [0.2, 0.25) is 0 Å². The molecule has 84 valence electrons. The number of benzene rings is 2. The van der Waals surface area contributed by atoms with Gasteiger partial charge in [-0.15, -0.1) is 0 Å². The number of carbonyl (C=O) groups is 1. The zero-order valence-corrected chi connectivity index (χ0v) is 9.68. The van der Waals surface area contributed by atoms with Gasteiger partial charge in [0.25, 0.3) is 0 Å². The van der Waals surface area contributed by atoms with E-state index in [1.165, 1.54) is 10.8 Å². The highest BCUT2D eigenvalue weighted by Crippen LogP contribution is 2.28. The van der Waals surface area contributed by atoms with Crippen LogP contribution in [-0.4, -0.2) is 10.9 Å². The molecule has 0 atom stereocenters. The molecule has 0 fully saturated rings. The monoisotopic (exact) mass is 223 g/mol. The van der Waals surface area contributed by atoms with Gasteiger partial charge in [0.1, 0.15) is 0 Å². The second kappa shape index (κ2) is 3.74. The van der Waals surface area contributed by atoms with E-state index in [0.29, 0.717) is 0 Å². The molecule has 1 aromatic heterocycles. The van der Waals surface area contributed by atoms with Crippen molar-refractivity contribution in [1.29, 1.82) is 0 Å². The van der Waals surface area contributed by atoms with Crippen molar-refractivity contribution in [2.75, 3.05) is 0 Å². The Morgan fingerprint density at radius 3 is 2.71 bits per heavy atom. The van der Waals surface area contributed by atoms with E-state index in [0.717, 1.165) is 29.3 Å². The molecule has 0 spiro atoms. The lowest BCUT2D eigenvalue weighted by molar-refractivity contribution is 0.112. The number of rotatable bonds is 2. The van der Waals surface area contributed by atoms with Crippen molar-refractivity contribution >= 4 is 28.0 Å². The van der Waals surface area contributed by atoms with Crippen LogP contribution < -0.4 is 0 Å². The number of nitrogens with zero attached hydrogens (tertiary/aromatic N) is 1. The Balaban J connectivity index is 2.56. The number of aldehydes is 1. The van der Waals surface area contributed by atoms with Gasteiger partial charge in [-0.1, -0.05) is 36.4 Å². The van der Waals surface area contributed by atoms with Crippen LogP contribution >= 0.6 is 0 Å². The van der Waals surface area contributed by atoms with E-state index < -0.39 is 0 Å². The Kier molecular flexibility index (Phi) is 2.22. The van der Waals surface area contributed by atoms with E-state index in [1.807, 2.05) is 24.4 Å². The van der Waals surface area contributed by atoms with Gasteiger partial charge in [-0.3, -0.25) is 4.79 Å². The Bertz CT molecular complexity index is 709. The Morgan fingerprint density at radius 1 is 1.12 bits per heavy atom. The molecule has 2 nitrogen and oxygen atoms in total. The van der Waals surface area contributed by atoms with Gasteiger partial charge in [-0.2, -0.15) is 0 Å². The summed E-state index contributed by atoms with van der Waals surface area (Å²) in [6.45, 7) is 2.97. The molecule has 3 aromatic rings. The van der Waals surface area contributed by atoms with E-state index in [4.69, 9.17) is 0 Å². The molecule has 0 amide bonds. The first-order valence-corrected chi connectivity index (χ1v) is 5.81. The standard InChI is InChI=1S/C15H13NO/c1-2-16-9-12(10-17)14-8-7-11-5-3-4-6-13(11)15(14)16/h3-10H,2H2,1H3. The van der Waals surface area contributed by atoms with Gasteiger partial charge in [0.05, 0.1) is 5.52 Å². The molecule has 0 saturated carbocycles. The minimum atomic E-state index is 0.771. The van der Waals surface area contributed by atoms with Gasteiger partial charge in [0.15, 0.2) is 6.29 Å². The van der Waals surface area contributed by atoms with E-state index in [9.17, 15) is 4.79 Å². The van der Waals surface area contributed by atoms with Crippen LogP contribution in [0, 0.1) is 0 Å². The normalized spacial score (nSPS) is 11.1. The third-order valence-electron chi connectivity index (χ3n) is 3.26. The predicted octanol–water partition coefficient (Wildman–Crippen LogP) is 3.63. The summed E-state index contributed by atoms with van der Waals surface area (Å²) in [6, 6.07) is 12.4.